The molecule has 13 heavy (non-hydrogen) atoms. The van der Waals surface area contributed by atoms with Crippen LogP contribution in [0.1, 0.15) is 6.42 Å². The molecule has 0 saturated carbocycles. The summed E-state index contributed by atoms with van der Waals surface area (Å²) in [5, 5.41) is 1.04. The van der Waals surface area contributed by atoms with E-state index in [-0.39, 0.29) is 0 Å². The van der Waals surface area contributed by atoms with Crippen LogP contribution < -0.4 is 11.5 Å². The van der Waals surface area contributed by atoms with Crippen molar-refractivity contribution in [2.24, 2.45) is 11.5 Å². The van der Waals surface area contributed by atoms with Crippen molar-refractivity contribution >= 4 is 23.2 Å². The van der Waals surface area contributed by atoms with Crippen molar-refractivity contribution in [3.8, 4) is 0 Å². The predicted molar refractivity (Wildman–Crippen MR) is 59.7 cm³/mol. The predicted octanol–water partition coefficient (Wildman–Crippen LogP) is 2.10. The molecule has 74 valence electrons. The Balaban J connectivity index is 4.52. The van der Waals surface area contributed by atoms with E-state index in [2.05, 4.69) is 6.58 Å². The molecule has 0 aliphatic rings. The molecule has 0 bridgehead atoms. The van der Waals surface area contributed by atoms with Crippen molar-refractivity contribution in [3.63, 3.8) is 0 Å². The van der Waals surface area contributed by atoms with Crippen LogP contribution in [0.2, 0.25) is 0 Å². The second kappa shape index (κ2) is 7.15. The van der Waals surface area contributed by atoms with Gasteiger partial charge in [0.25, 0.3) is 0 Å². The second-order valence-corrected chi connectivity index (χ2v) is 3.47. The summed E-state index contributed by atoms with van der Waals surface area (Å²) < 4.78 is 0. The lowest BCUT2D eigenvalue weighted by Crippen LogP contribution is -2.02. The molecule has 0 atom stereocenters. The maximum absolute atomic E-state index is 5.76. The molecule has 0 aliphatic carbocycles. The first-order valence-electron chi connectivity index (χ1n) is 3.91. The van der Waals surface area contributed by atoms with Gasteiger partial charge in [-0.2, -0.15) is 0 Å². The van der Waals surface area contributed by atoms with E-state index in [1.807, 2.05) is 0 Å². The molecule has 0 rings (SSSR count). The highest BCUT2D eigenvalue weighted by molar-refractivity contribution is 6.31. The van der Waals surface area contributed by atoms with E-state index in [4.69, 9.17) is 34.7 Å². The van der Waals surface area contributed by atoms with Gasteiger partial charge in [-0.05, 0) is 30.7 Å². The van der Waals surface area contributed by atoms with Crippen LogP contribution in [0.3, 0.4) is 0 Å². The van der Waals surface area contributed by atoms with Crippen molar-refractivity contribution in [1.82, 2.24) is 0 Å². The zero-order chi connectivity index (χ0) is 10.3. The Bertz CT molecular complexity index is 232. The largest absolute Gasteiger partial charge is 0.330 e. The minimum atomic E-state index is 0.318. The van der Waals surface area contributed by atoms with Gasteiger partial charge in [0, 0.05) is 16.6 Å². The third kappa shape index (κ3) is 6.84. The average molecular weight is 221 g/mol. The first-order chi connectivity index (χ1) is 6.10. The number of rotatable bonds is 5. The molecule has 4 N–H and O–H groups in total. The molecule has 0 aromatic carbocycles. The van der Waals surface area contributed by atoms with Crippen molar-refractivity contribution < 1.29 is 0 Å². The first kappa shape index (κ1) is 12.7. The fourth-order valence-corrected chi connectivity index (χ4v) is 1.09. The Morgan fingerprint density at radius 3 is 2.23 bits per heavy atom. The lowest BCUT2D eigenvalue weighted by Gasteiger charge is -2.00. The third-order valence-corrected chi connectivity index (χ3v) is 1.68. The highest BCUT2D eigenvalue weighted by Gasteiger charge is 1.95. The Labute approximate surface area is 88.9 Å². The van der Waals surface area contributed by atoms with Crippen molar-refractivity contribution in [1.29, 1.82) is 0 Å². The number of allylic oxidation sites excluding steroid dienone is 3. The minimum Gasteiger partial charge on any atom is -0.330 e. The summed E-state index contributed by atoms with van der Waals surface area (Å²) >= 11 is 11.4. The van der Waals surface area contributed by atoms with Gasteiger partial charge in [0.05, 0.1) is 0 Å². The summed E-state index contributed by atoms with van der Waals surface area (Å²) in [6.07, 6.45) is 4.20. The van der Waals surface area contributed by atoms with Crippen LogP contribution in [0.4, 0.5) is 0 Å². The fraction of sp³-hybridized carbons (Fsp3) is 0.333. The van der Waals surface area contributed by atoms with Gasteiger partial charge in [-0.3, -0.25) is 0 Å². The van der Waals surface area contributed by atoms with E-state index in [1.54, 1.807) is 12.2 Å². The lowest BCUT2D eigenvalue weighted by molar-refractivity contribution is 0.970. The summed E-state index contributed by atoms with van der Waals surface area (Å²) in [4.78, 5) is 0. The van der Waals surface area contributed by atoms with E-state index in [0.717, 1.165) is 5.57 Å². The summed E-state index contributed by atoms with van der Waals surface area (Å²) in [7, 11) is 0. The van der Waals surface area contributed by atoms with Gasteiger partial charge in [-0.1, -0.05) is 29.8 Å². The number of hydrogen-bond acceptors (Lipinski definition) is 2. The van der Waals surface area contributed by atoms with Crippen LogP contribution in [0.25, 0.3) is 0 Å². The number of hydrogen-bond donors (Lipinski definition) is 2. The van der Waals surface area contributed by atoms with E-state index >= 15 is 0 Å². The normalized spacial score (nSPS) is 13.2. The number of nitrogens with two attached hydrogens (primary N) is 2. The quantitative estimate of drug-likeness (QED) is 0.698. The standard InChI is InChI=1S/C9H14Cl2N2/c1-7(10)4-8(2-3-12)5-9(11)6-13/h4-5H,1-3,6,12-13H2/b8-4-,9-5+. The Hall–Kier alpha value is -0.280. The minimum absolute atomic E-state index is 0.318. The maximum Gasteiger partial charge on any atom is 0.0336 e. The monoisotopic (exact) mass is 220 g/mol. The van der Waals surface area contributed by atoms with E-state index < -0.39 is 0 Å². The molecule has 0 aromatic heterocycles. The van der Waals surface area contributed by atoms with E-state index in [9.17, 15) is 0 Å². The van der Waals surface area contributed by atoms with Gasteiger partial charge in [-0.25, -0.2) is 0 Å². The maximum atomic E-state index is 5.76. The van der Waals surface area contributed by atoms with Crippen LogP contribution in [-0.4, -0.2) is 13.1 Å². The molecule has 0 heterocycles. The Morgan fingerprint density at radius 1 is 1.23 bits per heavy atom. The van der Waals surface area contributed by atoms with Crippen LogP contribution in [0, 0.1) is 0 Å². The zero-order valence-corrected chi connectivity index (χ0v) is 8.91. The number of halogens is 2. The van der Waals surface area contributed by atoms with E-state index in [1.165, 1.54) is 0 Å². The van der Waals surface area contributed by atoms with Gasteiger partial charge >= 0.3 is 0 Å². The average Bonchev–Trinajstić information content (AvgIpc) is 2.03. The highest BCUT2D eigenvalue weighted by atomic mass is 35.5. The van der Waals surface area contributed by atoms with Gasteiger partial charge in [0.2, 0.25) is 0 Å². The summed E-state index contributed by atoms with van der Waals surface area (Å²) in [6.45, 7) is 4.42. The van der Waals surface area contributed by atoms with Crippen LogP contribution in [-0.2, 0) is 0 Å². The first-order valence-corrected chi connectivity index (χ1v) is 4.67. The highest BCUT2D eigenvalue weighted by Crippen LogP contribution is 2.12. The molecule has 0 aromatic rings. The zero-order valence-electron chi connectivity index (χ0n) is 7.39. The molecule has 0 saturated heterocycles. The van der Waals surface area contributed by atoms with Gasteiger partial charge in [-0.15, -0.1) is 0 Å². The van der Waals surface area contributed by atoms with Gasteiger partial charge in [0.1, 0.15) is 0 Å². The van der Waals surface area contributed by atoms with Crippen molar-refractivity contribution in [2.45, 2.75) is 6.42 Å². The van der Waals surface area contributed by atoms with E-state index in [0.29, 0.717) is 29.6 Å². The van der Waals surface area contributed by atoms with Gasteiger partial charge in [0.15, 0.2) is 0 Å². The molecule has 0 aliphatic heterocycles. The summed E-state index contributed by atoms with van der Waals surface area (Å²) in [5.41, 5.74) is 11.7. The molecular formula is C9H14Cl2N2. The summed E-state index contributed by atoms with van der Waals surface area (Å²) in [6, 6.07) is 0. The molecule has 2 nitrogen and oxygen atoms in total. The molecule has 0 amide bonds. The summed E-state index contributed by atoms with van der Waals surface area (Å²) in [5.74, 6) is 0. The molecule has 0 radical (unpaired) electrons. The molecule has 0 unspecified atom stereocenters. The fourth-order valence-electron chi connectivity index (χ4n) is 0.814. The molecule has 0 spiro atoms. The second-order valence-electron chi connectivity index (χ2n) is 2.50. The van der Waals surface area contributed by atoms with Crippen LogP contribution in [0.5, 0.6) is 0 Å². The van der Waals surface area contributed by atoms with Crippen LogP contribution in [0.15, 0.2) is 34.4 Å². The van der Waals surface area contributed by atoms with Crippen molar-refractivity contribution in [3.05, 3.63) is 34.4 Å². The smallest absolute Gasteiger partial charge is 0.0336 e. The molecular weight excluding hydrogens is 207 g/mol. The van der Waals surface area contributed by atoms with Crippen LogP contribution >= 0.6 is 23.2 Å². The lowest BCUT2D eigenvalue weighted by atomic mass is 10.1. The van der Waals surface area contributed by atoms with Gasteiger partial charge < -0.3 is 11.5 Å². The Kier molecular flexibility index (Phi) is 7.00. The Morgan fingerprint density at radius 2 is 1.85 bits per heavy atom. The molecule has 4 heteroatoms. The SMILES string of the molecule is C=C(Cl)/C=C(\C=C(\Cl)CN)CCN. The molecule has 0 fully saturated rings. The third-order valence-electron chi connectivity index (χ3n) is 1.31. The van der Waals surface area contributed by atoms with Crippen molar-refractivity contribution in [2.75, 3.05) is 13.1 Å². The topological polar surface area (TPSA) is 52.0 Å².